The van der Waals surface area contributed by atoms with E-state index < -0.39 is 24.0 Å². The number of aliphatic hydroxyl groups excluding tert-OH is 1. The molecule has 2 aromatic rings. The average molecular weight is 392 g/mol. The van der Waals surface area contributed by atoms with Gasteiger partial charge in [0.1, 0.15) is 0 Å². The van der Waals surface area contributed by atoms with E-state index in [0.717, 1.165) is 11.1 Å². The van der Waals surface area contributed by atoms with E-state index in [4.69, 9.17) is 21.8 Å². The Kier molecular flexibility index (Phi) is 7.36. The summed E-state index contributed by atoms with van der Waals surface area (Å²) in [5.41, 5.74) is 1.90. The minimum absolute atomic E-state index is 0.0550. The number of hydrogen-bond donors (Lipinski definition) is 4. The maximum absolute atomic E-state index is 11.1. The predicted octanol–water partition coefficient (Wildman–Crippen LogP) is 2.85. The molecule has 144 valence electrons. The molecule has 0 heterocycles. The van der Waals surface area contributed by atoms with Crippen LogP contribution in [0.5, 0.6) is 0 Å². The lowest BCUT2D eigenvalue weighted by Crippen LogP contribution is -2.32. The molecule has 0 radical (unpaired) electrons. The SMILES string of the molecule is CC(Cc1ccc(C(C(=O)O)C(=O)O)cc1)NCC(O)c1cccc(Cl)c1. The second kappa shape index (κ2) is 9.50. The van der Waals surface area contributed by atoms with Gasteiger partial charge in [-0.25, -0.2) is 0 Å². The van der Waals surface area contributed by atoms with Gasteiger partial charge in [-0.05, 0) is 42.2 Å². The van der Waals surface area contributed by atoms with E-state index in [-0.39, 0.29) is 11.6 Å². The van der Waals surface area contributed by atoms with Crippen LogP contribution in [0.2, 0.25) is 5.02 Å². The maximum Gasteiger partial charge on any atom is 0.322 e. The van der Waals surface area contributed by atoms with Crippen molar-refractivity contribution in [3.63, 3.8) is 0 Å². The first-order valence-electron chi connectivity index (χ1n) is 8.49. The number of aliphatic carboxylic acids is 2. The molecule has 0 spiro atoms. The molecule has 6 nitrogen and oxygen atoms in total. The summed E-state index contributed by atoms with van der Waals surface area (Å²) in [6.45, 7) is 2.33. The van der Waals surface area contributed by atoms with Crippen molar-refractivity contribution >= 4 is 23.5 Å². The molecule has 0 bridgehead atoms. The molecule has 0 aliphatic rings. The van der Waals surface area contributed by atoms with E-state index in [0.29, 0.717) is 18.0 Å². The lowest BCUT2D eigenvalue weighted by atomic mass is 9.96. The van der Waals surface area contributed by atoms with Gasteiger partial charge in [0.25, 0.3) is 0 Å². The number of benzene rings is 2. The first kappa shape index (κ1) is 20.9. The van der Waals surface area contributed by atoms with Crippen LogP contribution in [0.25, 0.3) is 0 Å². The van der Waals surface area contributed by atoms with Gasteiger partial charge in [0, 0.05) is 17.6 Å². The van der Waals surface area contributed by atoms with Crippen LogP contribution in [0.15, 0.2) is 48.5 Å². The Morgan fingerprint density at radius 3 is 2.22 bits per heavy atom. The molecule has 0 aliphatic heterocycles. The first-order chi connectivity index (χ1) is 12.8. The summed E-state index contributed by atoms with van der Waals surface area (Å²) in [5, 5.41) is 32.1. The summed E-state index contributed by atoms with van der Waals surface area (Å²) >= 11 is 5.93. The summed E-state index contributed by atoms with van der Waals surface area (Å²) in [5.74, 6) is -4.34. The molecule has 0 amide bonds. The zero-order valence-electron chi connectivity index (χ0n) is 14.8. The molecule has 2 atom stereocenters. The molecule has 7 heteroatoms. The lowest BCUT2D eigenvalue weighted by molar-refractivity contribution is -0.150. The fraction of sp³-hybridized carbons (Fsp3) is 0.300. The van der Waals surface area contributed by atoms with Gasteiger partial charge >= 0.3 is 11.9 Å². The lowest BCUT2D eigenvalue weighted by Gasteiger charge is -2.18. The van der Waals surface area contributed by atoms with Crippen molar-refractivity contribution in [3.8, 4) is 0 Å². The highest BCUT2D eigenvalue weighted by atomic mass is 35.5. The highest BCUT2D eigenvalue weighted by Crippen LogP contribution is 2.19. The molecular weight excluding hydrogens is 370 g/mol. The number of carboxylic acids is 2. The number of carboxylic acid groups (broad SMARTS) is 2. The van der Waals surface area contributed by atoms with Crippen LogP contribution in [-0.4, -0.2) is 39.8 Å². The molecule has 2 aromatic carbocycles. The average Bonchev–Trinajstić information content (AvgIpc) is 2.60. The molecule has 0 aliphatic carbocycles. The predicted molar refractivity (Wildman–Crippen MR) is 102 cm³/mol. The Morgan fingerprint density at radius 2 is 1.67 bits per heavy atom. The topological polar surface area (TPSA) is 107 Å². The fourth-order valence-electron chi connectivity index (χ4n) is 2.81. The highest BCUT2D eigenvalue weighted by molar-refractivity contribution is 6.30. The Hall–Kier alpha value is -2.41. The third-order valence-electron chi connectivity index (χ3n) is 4.24. The number of aliphatic hydroxyl groups is 1. The smallest absolute Gasteiger partial charge is 0.322 e. The Bertz CT molecular complexity index is 779. The Balaban J connectivity index is 1.91. The van der Waals surface area contributed by atoms with Crippen LogP contribution in [0.1, 0.15) is 35.6 Å². The molecule has 0 fully saturated rings. The van der Waals surface area contributed by atoms with E-state index in [1.165, 1.54) is 12.1 Å². The largest absolute Gasteiger partial charge is 0.480 e. The zero-order chi connectivity index (χ0) is 20.0. The Morgan fingerprint density at radius 1 is 1.04 bits per heavy atom. The number of hydrogen-bond acceptors (Lipinski definition) is 4. The Labute approximate surface area is 162 Å². The van der Waals surface area contributed by atoms with Crippen molar-refractivity contribution in [1.29, 1.82) is 0 Å². The summed E-state index contributed by atoms with van der Waals surface area (Å²) in [4.78, 5) is 22.1. The van der Waals surface area contributed by atoms with Crippen LogP contribution >= 0.6 is 11.6 Å². The van der Waals surface area contributed by atoms with Crippen molar-refractivity contribution in [1.82, 2.24) is 5.32 Å². The standard InChI is InChI=1S/C20H22ClNO5/c1-12(22-11-17(23)15-3-2-4-16(21)10-15)9-13-5-7-14(8-6-13)18(19(24)25)20(26)27/h2-8,10,12,17-18,22-23H,9,11H2,1H3,(H,24,25)(H,26,27). The van der Waals surface area contributed by atoms with Crippen molar-refractivity contribution in [2.75, 3.05) is 6.54 Å². The molecule has 27 heavy (non-hydrogen) atoms. The molecule has 2 unspecified atom stereocenters. The minimum Gasteiger partial charge on any atom is -0.480 e. The number of halogens is 1. The van der Waals surface area contributed by atoms with Gasteiger partial charge < -0.3 is 20.6 Å². The summed E-state index contributed by atoms with van der Waals surface area (Å²) in [7, 11) is 0. The first-order valence-corrected chi connectivity index (χ1v) is 8.87. The van der Waals surface area contributed by atoms with Gasteiger partial charge in [-0.1, -0.05) is 48.0 Å². The minimum atomic E-state index is -1.57. The zero-order valence-corrected chi connectivity index (χ0v) is 15.6. The van der Waals surface area contributed by atoms with Gasteiger partial charge in [0.15, 0.2) is 5.92 Å². The number of nitrogens with one attached hydrogen (secondary N) is 1. The van der Waals surface area contributed by atoms with Crippen molar-refractivity contribution < 1.29 is 24.9 Å². The van der Waals surface area contributed by atoms with E-state index in [9.17, 15) is 14.7 Å². The highest BCUT2D eigenvalue weighted by Gasteiger charge is 2.27. The second-order valence-corrected chi connectivity index (χ2v) is 6.87. The quantitative estimate of drug-likeness (QED) is 0.490. The third kappa shape index (κ3) is 6.06. The second-order valence-electron chi connectivity index (χ2n) is 6.44. The van der Waals surface area contributed by atoms with Gasteiger partial charge in [-0.2, -0.15) is 0 Å². The van der Waals surface area contributed by atoms with E-state index in [1.807, 2.05) is 13.0 Å². The van der Waals surface area contributed by atoms with Gasteiger partial charge in [-0.15, -0.1) is 0 Å². The molecule has 0 saturated carbocycles. The van der Waals surface area contributed by atoms with Crippen molar-refractivity contribution in [2.24, 2.45) is 0 Å². The fourth-order valence-corrected chi connectivity index (χ4v) is 3.01. The summed E-state index contributed by atoms with van der Waals surface area (Å²) < 4.78 is 0. The van der Waals surface area contributed by atoms with Gasteiger partial charge in [-0.3, -0.25) is 9.59 Å². The molecule has 4 N–H and O–H groups in total. The number of rotatable bonds is 9. The van der Waals surface area contributed by atoms with Crippen molar-refractivity contribution in [3.05, 3.63) is 70.2 Å². The normalized spacial score (nSPS) is 13.3. The molecule has 2 rings (SSSR count). The van der Waals surface area contributed by atoms with Crippen LogP contribution in [-0.2, 0) is 16.0 Å². The molecule has 0 saturated heterocycles. The van der Waals surface area contributed by atoms with Crippen LogP contribution < -0.4 is 5.32 Å². The molecular formula is C20H22ClNO5. The molecule has 0 aromatic heterocycles. The summed E-state index contributed by atoms with van der Waals surface area (Å²) in [6.07, 6.45) is -0.0340. The van der Waals surface area contributed by atoms with Crippen LogP contribution in [0.3, 0.4) is 0 Å². The van der Waals surface area contributed by atoms with Crippen LogP contribution in [0.4, 0.5) is 0 Å². The third-order valence-corrected chi connectivity index (χ3v) is 4.48. The van der Waals surface area contributed by atoms with E-state index >= 15 is 0 Å². The van der Waals surface area contributed by atoms with E-state index in [2.05, 4.69) is 5.32 Å². The van der Waals surface area contributed by atoms with Crippen molar-refractivity contribution in [2.45, 2.75) is 31.4 Å². The summed E-state index contributed by atoms with van der Waals surface area (Å²) in [6, 6.07) is 13.6. The number of carbonyl (C=O) groups is 2. The van der Waals surface area contributed by atoms with Gasteiger partial charge in [0.2, 0.25) is 0 Å². The monoisotopic (exact) mass is 391 g/mol. The van der Waals surface area contributed by atoms with Crippen LogP contribution in [0, 0.1) is 0 Å². The maximum atomic E-state index is 11.1. The van der Waals surface area contributed by atoms with Gasteiger partial charge in [0.05, 0.1) is 6.10 Å². The van der Waals surface area contributed by atoms with E-state index in [1.54, 1.807) is 30.3 Å².